The Morgan fingerprint density at radius 2 is 2.35 bits per heavy atom. The number of methoxy groups -OCH3 is 1. The summed E-state index contributed by atoms with van der Waals surface area (Å²) in [4.78, 5) is 0. The zero-order valence-electron chi connectivity index (χ0n) is 10.2. The molecular weight excluding hydrogens is 236 g/mol. The van der Waals surface area contributed by atoms with Crippen LogP contribution in [0, 0.1) is 5.41 Å². The van der Waals surface area contributed by atoms with Crippen LogP contribution in [0.2, 0.25) is 0 Å². The molecule has 94 valence electrons. The Bertz CT molecular complexity index is 359. The number of ether oxygens (including phenoxy) is 2. The van der Waals surface area contributed by atoms with E-state index in [0.29, 0.717) is 5.88 Å². The van der Waals surface area contributed by atoms with E-state index in [0.717, 1.165) is 38.2 Å². The van der Waals surface area contributed by atoms with Crippen LogP contribution in [0.1, 0.15) is 18.4 Å². The maximum atomic E-state index is 6.15. The smallest absolute Gasteiger partial charge is 0.119 e. The molecule has 1 atom stereocenters. The molecule has 1 fully saturated rings. The summed E-state index contributed by atoms with van der Waals surface area (Å²) in [6, 6.07) is 8.21. The van der Waals surface area contributed by atoms with Gasteiger partial charge in [-0.1, -0.05) is 12.1 Å². The monoisotopic (exact) mass is 254 g/mol. The summed E-state index contributed by atoms with van der Waals surface area (Å²) in [6.45, 7) is 1.64. The fraction of sp³-hybridized carbons (Fsp3) is 0.571. The Balaban J connectivity index is 2.11. The second-order valence-corrected chi connectivity index (χ2v) is 5.09. The maximum Gasteiger partial charge on any atom is 0.119 e. The van der Waals surface area contributed by atoms with Crippen molar-refractivity contribution in [1.29, 1.82) is 0 Å². The first-order valence-electron chi connectivity index (χ1n) is 6.05. The predicted molar refractivity (Wildman–Crippen MR) is 69.9 cm³/mol. The molecule has 0 spiro atoms. The summed E-state index contributed by atoms with van der Waals surface area (Å²) < 4.78 is 10.8. The molecule has 0 amide bonds. The zero-order chi connectivity index (χ0) is 12.1. The Morgan fingerprint density at radius 1 is 1.47 bits per heavy atom. The zero-order valence-corrected chi connectivity index (χ0v) is 11.0. The Labute approximate surface area is 108 Å². The first kappa shape index (κ1) is 12.7. The largest absolute Gasteiger partial charge is 0.497 e. The van der Waals surface area contributed by atoms with Crippen LogP contribution < -0.4 is 4.74 Å². The lowest BCUT2D eigenvalue weighted by Gasteiger charge is -2.35. The Kier molecular flexibility index (Phi) is 4.30. The normalized spacial score (nSPS) is 24.6. The fourth-order valence-electron chi connectivity index (χ4n) is 2.42. The van der Waals surface area contributed by atoms with Crippen LogP contribution in [0.3, 0.4) is 0 Å². The standard InChI is InChI=1S/C14H19ClO2/c1-16-13-5-2-4-12(8-13)9-14(10-15)6-3-7-17-11-14/h2,4-5,8H,3,6-7,9-11H2,1H3. The van der Waals surface area contributed by atoms with Crippen LogP contribution >= 0.6 is 11.6 Å². The maximum absolute atomic E-state index is 6.15. The van der Waals surface area contributed by atoms with Crippen molar-refractivity contribution in [1.82, 2.24) is 0 Å². The summed E-state index contributed by atoms with van der Waals surface area (Å²) in [6.07, 6.45) is 3.22. The van der Waals surface area contributed by atoms with Crippen molar-refractivity contribution in [3.8, 4) is 5.75 Å². The summed E-state index contributed by atoms with van der Waals surface area (Å²) in [5.41, 5.74) is 1.38. The minimum atomic E-state index is 0.103. The van der Waals surface area contributed by atoms with E-state index in [1.807, 2.05) is 12.1 Å². The number of rotatable bonds is 4. The van der Waals surface area contributed by atoms with Crippen LogP contribution in [0.15, 0.2) is 24.3 Å². The van der Waals surface area contributed by atoms with E-state index in [1.54, 1.807) is 7.11 Å². The molecule has 1 aromatic rings. The van der Waals surface area contributed by atoms with Crippen molar-refractivity contribution < 1.29 is 9.47 Å². The highest BCUT2D eigenvalue weighted by Crippen LogP contribution is 2.34. The minimum absolute atomic E-state index is 0.103. The molecule has 2 rings (SSSR count). The lowest BCUT2D eigenvalue weighted by molar-refractivity contribution is 0.00476. The second-order valence-electron chi connectivity index (χ2n) is 4.82. The van der Waals surface area contributed by atoms with Gasteiger partial charge in [-0.05, 0) is 37.0 Å². The van der Waals surface area contributed by atoms with E-state index in [2.05, 4.69) is 12.1 Å². The van der Waals surface area contributed by atoms with E-state index in [-0.39, 0.29) is 5.41 Å². The van der Waals surface area contributed by atoms with E-state index >= 15 is 0 Å². The van der Waals surface area contributed by atoms with Crippen molar-refractivity contribution in [3.63, 3.8) is 0 Å². The van der Waals surface area contributed by atoms with Gasteiger partial charge in [-0.3, -0.25) is 0 Å². The summed E-state index contributed by atoms with van der Waals surface area (Å²) in [5.74, 6) is 1.56. The van der Waals surface area contributed by atoms with Crippen LogP contribution in [0.5, 0.6) is 5.75 Å². The molecule has 0 saturated carbocycles. The average Bonchev–Trinajstić information content (AvgIpc) is 2.40. The minimum Gasteiger partial charge on any atom is -0.497 e. The highest BCUT2D eigenvalue weighted by Gasteiger charge is 2.32. The first-order chi connectivity index (χ1) is 8.28. The quantitative estimate of drug-likeness (QED) is 0.768. The van der Waals surface area contributed by atoms with Crippen LogP contribution in [-0.2, 0) is 11.2 Å². The van der Waals surface area contributed by atoms with Crippen molar-refractivity contribution >= 4 is 11.6 Å². The average molecular weight is 255 g/mol. The molecule has 0 bridgehead atoms. The summed E-state index contributed by atoms with van der Waals surface area (Å²) >= 11 is 6.15. The van der Waals surface area contributed by atoms with Gasteiger partial charge in [-0.25, -0.2) is 0 Å². The number of alkyl halides is 1. The van der Waals surface area contributed by atoms with Crippen LogP contribution in [-0.4, -0.2) is 26.2 Å². The van der Waals surface area contributed by atoms with Gasteiger partial charge in [-0.2, -0.15) is 0 Å². The first-order valence-corrected chi connectivity index (χ1v) is 6.58. The lowest BCUT2D eigenvalue weighted by atomic mass is 9.79. The van der Waals surface area contributed by atoms with Crippen LogP contribution in [0.4, 0.5) is 0 Å². The molecule has 3 heteroatoms. The molecule has 0 aromatic heterocycles. The molecule has 1 heterocycles. The highest BCUT2D eigenvalue weighted by atomic mass is 35.5. The SMILES string of the molecule is COc1cccc(CC2(CCl)CCCOC2)c1. The Hall–Kier alpha value is -0.730. The van der Waals surface area contributed by atoms with Gasteiger partial charge in [0.2, 0.25) is 0 Å². The van der Waals surface area contributed by atoms with E-state index in [9.17, 15) is 0 Å². The lowest BCUT2D eigenvalue weighted by Crippen LogP contribution is -2.35. The third kappa shape index (κ3) is 3.14. The van der Waals surface area contributed by atoms with Crippen molar-refractivity contribution in [2.24, 2.45) is 5.41 Å². The van der Waals surface area contributed by atoms with Gasteiger partial charge in [0, 0.05) is 17.9 Å². The van der Waals surface area contributed by atoms with E-state index < -0.39 is 0 Å². The molecule has 1 aliphatic heterocycles. The second kappa shape index (κ2) is 5.74. The fourth-order valence-corrected chi connectivity index (χ4v) is 2.72. The molecule has 2 nitrogen and oxygen atoms in total. The van der Waals surface area contributed by atoms with Gasteiger partial charge in [0.25, 0.3) is 0 Å². The predicted octanol–water partition coefficient (Wildman–Crippen LogP) is 3.27. The number of benzene rings is 1. The third-order valence-corrected chi connectivity index (χ3v) is 3.97. The number of halogens is 1. The van der Waals surface area contributed by atoms with Crippen molar-refractivity contribution in [2.45, 2.75) is 19.3 Å². The van der Waals surface area contributed by atoms with Gasteiger partial charge in [0.15, 0.2) is 0 Å². The van der Waals surface area contributed by atoms with Gasteiger partial charge in [0.1, 0.15) is 5.75 Å². The molecule has 1 saturated heterocycles. The molecular formula is C14H19ClO2. The molecule has 0 aliphatic carbocycles. The Morgan fingerprint density at radius 3 is 3.00 bits per heavy atom. The topological polar surface area (TPSA) is 18.5 Å². The number of hydrogen-bond donors (Lipinski definition) is 0. The van der Waals surface area contributed by atoms with Gasteiger partial charge in [0.05, 0.1) is 13.7 Å². The van der Waals surface area contributed by atoms with Crippen molar-refractivity contribution in [2.75, 3.05) is 26.2 Å². The molecule has 0 N–H and O–H groups in total. The molecule has 1 aromatic carbocycles. The van der Waals surface area contributed by atoms with Gasteiger partial charge >= 0.3 is 0 Å². The van der Waals surface area contributed by atoms with E-state index in [4.69, 9.17) is 21.1 Å². The molecule has 1 unspecified atom stereocenters. The summed E-state index contributed by atoms with van der Waals surface area (Å²) in [7, 11) is 1.69. The summed E-state index contributed by atoms with van der Waals surface area (Å²) in [5, 5.41) is 0. The molecule has 1 aliphatic rings. The number of hydrogen-bond acceptors (Lipinski definition) is 2. The molecule has 0 radical (unpaired) electrons. The van der Waals surface area contributed by atoms with E-state index in [1.165, 1.54) is 5.56 Å². The van der Waals surface area contributed by atoms with Crippen molar-refractivity contribution in [3.05, 3.63) is 29.8 Å². The van der Waals surface area contributed by atoms with Gasteiger partial charge < -0.3 is 9.47 Å². The highest BCUT2D eigenvalue weighted by molar-refractivity contribution is 6.18. The molecule has 17 heavy (non-hydrogen) atoms. The van der Waals surface area contributed by atoms with Gasteiger partial charge in [-0.15, -0.1) is 11.6 Å². The third-order valence-electron chi connectivity index (χ3n) is 3.40. The van der Waals surface area contributed by atoms with Crippen LogP contribution in [0.25, 0.3) is 0 Å².